The Morgan fingerprint density at radius 1 is 1.09 bits per heavy atom. The van der Waals surface area contributed by atoms with Gasteiger partial charge in [-0.05, 0) is 31.4 Å². The van der Waals surface area contributed by atoms with Gasteiger partial charge in [-0.3, -0.25) is 4.79 Å². The van der Waals surface area contributed by atoms with Gasteiger partial charge in [0.15, 0.2) is 0 Å². The maximum absolute atomic E-state index is 12.7. The smallest absolute Gasteiger partial charge is 0.243 e. The summed E-state index contributed by atoms with van der Waals surface area (Å²) in [5.74, 6) is -0.210. The Bertz CT molecular complexity index is 662. The summed E-state index contributed by atoms with van der Waals surface area (Å²) in [5.41, 5.74) is 5.86. The van der Waals surface area contributed by atoms with Gasteiger partial charge in [-0.25, -0.2) is 8.42 Å². The van der Waals surface area contributed by atoms with Gasteiger partial charge in [-0.1, -0.05) is 18.2 Å². The van der Waals surface area contributed by atoms with Crippen molar-refractivity contribution in [3.63, 3.8) is 0 Å². The predicted molar refractivity (Wildman–Crippen MR) is 87.1 cm³/mol. The number of benzene rings is 1. The van der Waals surface area contributed by atoms with Crippen molar-refractivity contribution in [3.8, 4) is 0 Å². The van der Waals surface area contributed by atoms with E-state index in [0.717, 1.165) is 12.8 Å². The quantitative estimate of drug-likeness (QED) is 0.878. The van der Waals surface area contributed by atoms with Gasteiger partial charge in [0.2, 0.25) is 15.9 Å². The van der Waals surface area contributed by atoms with Crippen molar-refractivity contribution in [2.45, 2.75) is 30.2 Å². The molecule has 0 radical (unpaired) electrons. The zero-order chi connectivity index (χ0) is 16.4. The summed E-state index contributed by atoms with van der Waals surface area (Å²) in [6, 6.07) is 8.46. The Hall–Kier alpha value is -1.44. The second-order valence-corrected chi connectivity index (χ2v) is 8.29. The molecule has 126 valence electrons. The van der Waals surface area contributed by atoms with Crippen LogP contribution in [0.4, 0.5) is 0 Å². The molecule has 2 fully saturated rings. The van der Waals surface area contributed by atoms with Gasteiger partial charge in [-0.15, -0.1) is 0 Å². The van der Waals surface area contributed by atoms with Gasteiger partial charge >= 0.3 is 0 Å². The highest BCUT2D eigenvalue weighted by atomic mass is 32.2. The van der Waals surface area contributed by atoms with Crippen molar-refractivity contribution >= 4 is 15.9 Å². The number of carbonyl (C=O) groups is 1. The summed E-state index contributed by atoms with van der Waals surface area (Å²) in [6.45, 7) is 2.00. The first-order chi connectivity index (χ1) is 11.0. The molecule has 7 heteroatoms. The van der Waals surface area contributed by atoms with Crippen LogP contribution in [0, 0.1) is 5.92 Å². The van der Waals surface area contributed by atoms with Gasteiger partial charge < -0.3 is 10.6 Å². The Balaban J connectivity index is 1.72. The lowest BCUT2D eigenvalue weighted by atomic mass is 9.98. The van der Waals surface area contributed by atoms with E-state index < -0.39 is 10.0 Å². The second-order valence-electron chi connectivity index (χ2n) is 6.35. The topological polar surface area (TPSA) is 83.7 Å². The molecular formula is C16H23N3O3S. The van der Waals surface area contributed by atoms with Crippen molar-refractivity contribution < 1.29 is 13.2 Å². The minimum atomic E-state index is -3.52. The second kappa shape index (κ2) is 6.59. The monoisotopic (exact) mass is 337 g/mol. The molecule has 2 saturated heterocycles. The third kappa shape index (κ3) is 3.41. The fourth-order valence-electron chi connectivity index (χ4n) is 3.35. The highest BCUT2D eigenvalue weighted by Crippen LogP contribution is 2.25. The molecule has 0 aliphatic carbocycles. The van der Waals surface area contributed by atoms with Crippen LogP contribution < -0.4 is 5.73 Å². The van der Waals surface area contributed by atoms with Gasteiger partial charge in [0.25, 0.3) is 0 Å². The molecule has 23 heavy (non-hydrogen) atoms. The lowest BCUT2D eigenvalue weighted by Crippen LogP contribution is -2.46. The van der Waals surface area contributed by atoms with Crippen LogP contribution >= 0.6 is 0 Å². The van der Waals surface area contributed by atoms with Gasteiger partial charge in [0, 0.05) is 32.2 Å². The number of nitrogens with two attached hydrogens (primary N) is 1. The standard InChI is InChI=1S/C16H23N3O3S/c17-14-8-10-18(12-14)16(20)13-5-4-9-19(11-13)23(21,22)15-6-2-1-3-7-15/h1-3,6-7,13-14H,4-5,8-12,17H2/t13?,14-/m1/s1. The Labute approximate surface area is 137 Å². The molecule has 6 nitrogen and oxygen atoms in total. The molecule has 0 bridgehead atoms. The highest BCUT2D eigenvalue weighted by Gasteiger charge is 2.36. The molecule has 1 unspecified atom stereocenters. The summed E-state index contributed by atoms with van der Waals surface area (Å²) in [6.07, 6.45) is 2.28. The van der Waals surface area contributed by atoms with Crippen LogP contribution in [0.15, 0.2) is 35.2 Å². The highest BCUT2D eigenvalue weighted by molar-refractivity contribution is 7.89. The summed E-state index contributed by atoms with van der Waals surface area (Å²) >= 11 is 0. The third-order valence-corrected chi connectivity index (χ3v) is 6.53. The number of carbonyl (C=O) groups excluding carboxylic acids is 1. The third-order valence-electron chi connectivity index (χ3n) is 4.65. The Morgan fingerprint density at radius 2 is 1.83 bits per heavy atom. The van der Waals surface area contributed by atoms with Crippen LogP contribution in [0.3, 0.4) is 0 Å². The first-order valence-electron chi connectivity index (χ1n) is 8.08. The largest absolute Gasteiger partial charge is 0.341 e. The molecule has 2 N–H and O–H groups in total. The van der Waals surface area contributed by atoms with Gasteiger partial charge in [-0.2, -0.15) is 4.31 Å². The van der Waals surface area contributed by atoms with Gasteiger partial charge in [0.05, 0.1) is 10.8 Å². The maximum Gasteiger partial charge on any atom is 0.243 e. The average Bonchev–Trinajstić information content (AvgIpc) is 3.01. The van der Waals surface area contributed by atoms with E-state index in [1.54, 1.807) is 35.2 Å². The maximum atomic E-state index is 12.7. The van der Waals surface area contributed by atoms with Crippen molar-refractivity contribution in [1.82, 2.24) is 9.21 Å². The van der Waals surface area contributed by atoms with E-state index in [2.05, 4.69) is 0 Å². The van der Waals surface area contributed by atoms with Crippen LogP contribution in [0.1, 0.15) is 19.3 Å². The van der Waals surface area contributed by atoms with E-state index in [4.69, 9.17) is 5.73 Å². The summed E-state index contributed by atoms with van der Waals surface area (Å²) in [7, 11) is -3.52. The van der Waals surface area contributed by atoms with E-state index in [9.17, 15) is 13.2 Å². The van der Waals surface area contributed by atoms with Crippen LogP contribution in [-0.2, 0) is 14.8 Å². The molecule has 2 heterocycles. The molecule has 2 aliphatic heterocycles. The zero-order valence-electron chi connectivity index (χ0n) is 13.1. The minimum absolute atomic E-state index is 0.0471. The van der Waals surface area contributed by atoms with Crippen molar-refractivity contribution in [3.05, 3.63) is 30.3 Å². The number of likely N-dealkylation sites (tertiary alicyclic amines) is 1. The molecular weight excluding hydrogens is 314 g/mol. The van der Waals surface area contributed by atoms with Crippen molar-refractivity contribution in [2.75, 3.05) is 26.2 Å². The molecule has 0 spiro atoms. The number of hydrogen-bond donors (Lipinski definition) is 1. The number of hydrogen-bond acceptors (Lipinski definition) is 4. The fourth-order valence-corrected chi connectivity index (χ4v) is 4.89. The average molecular weight is 337 g/mol. The molecule has 0 aromatic heterocycles. The predicted octanol–water partition coefficient (Wildman–Crippen LogP) is 0.647. The number of nitrogens with zero attached hydrogens (tertiary/aromatic N) is 2. The van der Waals surface area contributed by atoms with Crippen LogP contribution in [0.5, 0.6) is 0 Å². The summed E-state index contributed by atoms with van der Waals surface area (Å²) in [4.78, 5) is 14.7. The van der Waals surface area contributed by atoms with E-state index in [1.165, 1.54) is 4.31 Å². The lowest BCUT2D eigenvalue weighted by Gasteiger charge is -2.33. The molecule has 2 aliphatic rings. The van der Waals surface area contributed by atoms with Crippen molar-refractivity contribution in [2.24, 2.45) is 11.7 Å². The fraction of sp³-hybridized carbons (Fsp3) is 0.562. The molecule has 2 atom stereocenters. The van der Waals surface area contributed by atoms with Crippen LogP contribution in [-0.4, -0.2) is 55.8 Å². The van der Waals surface area contributed by atoms with Crippen molar-refractivity contribution in [1.29, 1.82) is 0 Å². The number of amides is 1. The molecule has 0 saturated carbocycles. The van der Waals surface area contributed by atoms with E-state index >= 15 is 0 Å². The molecule has 1 amide bonds. The van der Waals surface area contributed by atoms with Crippen LogP contribution in [0.2, 0.25) is 0 Å². The molecule has 3 rings (SSSR count). The number of piperidine rings is 1. The van der Waals surface area contributed by atoms with Crippen LogP contribution in [0.25, 0.3) is 0 Å². The Kier molecular flexibility index (Phi) is 4.70. The number of rotatable bonds is 3. The van der Waals surface area contributed by atoms with E-state index in [-0.39, 0.29) is 29.3 Å². The summed E-state index contributed by atoms with van der Waals surface area (Å²) < 4.78 is 26.9. The molecule has 1 aromatic carbocycles. The normalized spacial score (nSPS) is 26.4. The minimum Gasteiger partial charge on any atom is -0.341 e. The van der Waals surface area contributed by atoms with E-state index in [0.29, 0.717) is 26.1 Å². The Morgan fingerprint density at radius 3 is 2.48 bits per heavy atom. The first-order valence-corrected chi connectivity index (χ1v) is 9.52. The first kappa shape index (κ1) is 16.4. The lowest BCUT2D eigenvalue weighted by molar-refractivity contribution is -0.135. The molecule has 1 aromatic rings. The SMILES string of the molecule is N[C@@H]1CCN(C(=O)C2CCCN(S(=O)(=O)c3ccccc3)C2)C1. The van der Waals surface area contributed by atoms with E-state index in [1.807, 2.05) is 0 Å². The zero-order valence-corrected chi connectivity index (χ0v) is 13.9. The van der Waals surface area contributed by atoms with Gasteiger partial charge in [0.1, 0.15) is 0 Å². The number of sulfonamides is 1. The summed E-state index contributed by atoms with van der Waals surface area (Å²) in [5, 5.41) is 0.